The lowest BCUT2D eigenvalue weighted by atomic mass is 9.86. The number of hydrazone groups is 1. The quantitative estimate of drug-likeness (QED) is 0.312. The van der Waals surface area contributed by atoms with E-state index in [9.17, 15) is 4.79 Å². The standard InChI is InChI=1S/C27H29ClN2O4/c1-27(2,3)21-10-6-8-12-23(21)34-18-26(31)30-29-16-19-13-14-24(25(15-19)32-4)33-17-20-9-5-7-11-22(20)28/h5-16H,17-18H2,1-4H3,(H,30,31)/b29-16+. The van der Waals surface area contributed by atoms with E-state index in [2.05, 4.69) is 31.3 Å². The molecule has 0 heterocycles. The summed E-state index contributed by atoms with van der Waals surface area (Å²) in [5, 5.41) is 4.66. The van der Waals surface area contributed by atoms with Gasteiger partial charge in [-0.1, -0.05) is 68.8 Å². The van der Waals surface area contributed by atoms with Crippen LogP contribution in [0, 0.1) is 0 Å². The van der Waals surface area contributed by atoms with Gasteiger partial charge < -0.3 is 14.2 Å². The average molecular weight is 481 g/mol. The van der Waals surface area contributed by atoms with E-state index in [1.54, 1.807) is 19.2 Å². The molecule has 7 heteroatoms. The van der Waals surface area contributed by atoms with Gasteiger partial charge in [-0.2, -0.15) is 5.10 Å². The van der Waals surface area contributed by atoms with E-state index in [1.807, 2.05) is 54.6 Å². The third-order valence-corrected chi connectivity index (χ3v) is 5.35. The molecule has 3 aromatic rings. The summed E-state index contributed by atoms with van der Waals surface area (Å²) in [4.78, 5) is 12.2. The third-order valence-electron chi connectivity index (χ3n) is 4.99. The molecule has 0 saturated carbocycles. The zero-order valence-electron chi connectivity index (χ0n) is 19.8. The molecular weight excluding hydrogens is 452 g/mol. The van der Waals surface area contributed by atoms with E-state index in [4.69, 9.17) is 25.8 Å². The van der Waals surface area contributed by atoms with Gasteiger partial charge in [-0.05, 0) is 46.9 Å². The minimum atomic E-state index is -0.355. The van der Waals surface area contributed by atoms with Crippen LogP contribution in [0.4, 0.5) is 0 Å². The molecule has 0 aliphatic heterocycles. The fourth-order valence-corrected chi connectivity index (χ4v) is 3.41. The van der Waals surface area contributed by atoms with Crippen LogP contribution in [0.25, 0.3) is 0 Å². The van der Waals surface area contributed by atoms with Gasteiger partial charge in [-0.15, -0.1) is 0 Å². The van der Waals surface area contributed by atoms with Crippen molar-refractivity contribution in [3.8, 4) is 17.2 Å². The zero-order chi connectivity index (χ0) is 24.6. The Morgan fingerprint density at radius 1 is 0.971 bits per heavy atom. The summed E-state index contributed by atoms with van der Waals surface area (Å²) in [6.45, 7) is 6.48. The number of nitrogens with zero attached hydrogens (tertiary/aromatic N) is 1. The first-order valence-electron chi connectivity index (χ1n) is 10.9. The summed E-state index contributed by atoms with van der Waals surface area (Å²) < 4.78 is 17.0. The number of para-hydroxylation sites is 1. The molecule has 0 spiro atoms. The van der Waals surface area contributed by atoms with Crippen LogP contribution in [0.3, 0.4) is 0 Å². The average Bonchev–Trinajstić information content (AvgIpc) is 2.82. The second-order valence-corrected chi connectivity index (χ2v) is 9.03. The van der Waals surface area contributed by atoms with Crippen LogP contribution in [0.15, 0.2) is 71.8 Å². The molecule has 0 aromatic heterocycles. The van der Waals surface area contributed by atoms with Gasteiger partial charge in [0, 0.05) is 10.6 Å². The SMILES string of the molecule is COc1cc(/C=N/NC(=O)COc2ccccc2C(C)(C)C)ccc1OCc1ccccc1Cl. The number of hydrogen-bond acceptors (Lipinski definition) is 5. The molecule has 3 rings (SSSR count). The van der Waals surface area contributed by atoms with Gasteiger partial charge in [0.2, 0.25) is 0 Å². The highest BCUT2D eigenvalue weighted by molar-refractivity contribution is 6.31. The molecule has 0 atom stereocenters. The highest BCUT2D eigenvalue weighted by Crippen LogP contribution is 2.31. The number of nitrogens with one attached hydrogen (secondary N) is 1. The summed E-state index contributed by atoms with van der Waals surface area (Å²) in [6, 6.07) is 20.6. The number of rotatable bonds is 9. The van der Waals surface area contributed by atoms with Crippen molar-refractivity contribution in [3.63, 3.8) is 0 Å². The first-order valence-corrected chi connectivity index (χ1v) is 11.2. The van der Waals surface area contributed by atoms with Crippen LogP contribution in [-0.4, -0.2) is 25.8 Å². The van der Waals surface area contributed by atoms with Crippen molar-refractivity contribution in [2.24, 2.45) is 5.10 Å². The Balaban J connectivity index is 1.55. The molecule has 0 bridgehead atoms. The Hall–Kier alpha value is -3.51. The number of ether oxygens (including phenoxy) is 3. The van der Waals surface area contributed by atoms with Crippen molar-refractivity contribution < 1.29 is 19.0 Å². The topological polar surface area (TPSA) is 69.2 Å². The highest BCUT2D eigenvalue weighted by atomic mass is 35.5. The maximum atomic E-state index is 12.2. The fraction of sp³-hybridized carbons (Fsp3) is 0.259. The number of benzene rings is 3. The van der Waals surface area contributed by atoms with Crippen molar-refractivity contribution >= 4 is 23.7 Å². The highest BCUT2D eigenvalue weighted by Gasteiger charge is 2.18. The summed E-state index contributed by atoms with van der Waals surface area (Å²) in [5.41, 5.74) is 5.05. The fourth-order valence-electron chi connectivity index (χ4n) is 3.22. The van der Waals surface area contributed by atoms with E-state index >= 15 is 0 Å². The van der Waals surface area contributed by atoms with E-state index in [0.717, 1.165) is 16.7 Å². The smallest absolute Gasteiger partial charge is 0.277 e. The van der Waals surface area contributed by atoms with Gasteiger partial charge in [-0.3, -0.25) is 4.79 Å². The van der Waals surface area contributed by atoms with Gasteiger partial charge in [-0.25, -0.2) is 5.43 Å². The molecular formula is C27H29ClN2O4. The molecule has 1 amide bonds. The molecule has 0 aliphatic carbocycles. The van der Waals surface area contributed by atoms with E-state index < -0.39 is 0 Å². The lowest BCUT2D eigenvalue weighted by Crippen LogP contribution is -2.25. The number of halogens is 1. The minimum absolute atomic E-state index is 0.0898. The molecule has 178 valence electrons. The first kappa shape index (κ1) is 25.1. The van der Waals surface area contributed by atoms with Gasteiger partial charge in [0.1, 0.15) is 12.4 Å². The number of carbonyl (C=O) groups is 1. The molecule has 3 aromatic carbocycles. The predicted molar refractivity (Wildman–Crippen MR) is 135 cm³/mol. The number of carbonyl (C=O) groups excluding carboxylic acids is 1. The Morgan fingerprint density at radius 3 is 2.44 bits per heavy atom. The lowest BCUT2D eigenvalue weighted by molar-refractivity contribution is -0.123. The maximum Gasteiger partial charge on any atom is 0.277 e. The van der Waals surface area contributed by atoms with Gasteiger partial charge in [0.15, 0.2) is 18.1 Å². The van der Waals surface area contributed by atoms with Gasteiger partial charge >= 0.3 is 0 Å². The lowest BCUT2D eigenvalue weighted by Gasteiger charge is -2.22. The van der Waals surface area contributed by atoms with Crippen LogP contribution < -0.4 is 19.6 Å². The maximum absolute atomic E-state index is 12.2. The zero-order valence-corrected chi connectivity index (χ0v) is 20.6. The molecule has 6 nitrogen and oxygen atoms in total. The molecule has 34 heavy (non-hydrogen) atoms. The van der Waals surface area contributed by atoms with E-state index in [-0.39, 0.29) is 17.9 Å². The first-order chi connectivity index (χ1) is 16.3. The Labute approximate surface area is 205 Å². The van der Waals surface area contributed by atoms with Crippen molar-refractivity contribution in [1.29, 1.82) is 0 Å². The normalized spacial score (nSPS) is 11.3. The van der Waals surface area contributed by atoms with Crippen LogP contribution in [-0.2, 0) is 16.8 Å². The molecule has 0 saturated heterocycles. The summed E-state index contributed by atoms with van der Waals surface area (Å²) >= 11 is 6.18. The molecule has 0 unspecified atom stereocenters. The van der Waals surface area contributed by atoms with E-state index in [0.29, 0.717) is 28.9 Å². The number of hydrogen-bond donors (Lipinski definition) is 1. The van der Waals surface area contributed by atoms with Gasteiger partial charge in [0.25, 0.3) is 5.91 Å². The molecule has 1 N–H and O–H groups in total. The van der Waals surface area contributed by atoms with Gasteiger partial charge in [0.05, 0.1) is 13.3 Å². The Kier molecular flexibility index (Phi) is 8.55. The second kappa shape index (κ2) is 11.6. The van der Waals surface area contributed by atoms with Crippen molar-refractivity contribution in [2.75, 3.05) is 13.7 Å². The molecule has 0 radical (unpaired) electrons. The molecule has 0 aliphatic rings. The van der Waals surface area contributed by atoms with Crippen LogP contribution in [0.5, 0.6) is 17.2 Å². The Morgan fingerprint density at radius 2 is 1.71 bits per heavy atom. The minimum Gasteiger partial charge on any atom is -0.493 e. The summed E-state index contributed by atoms with van der Waals surface area (Å²) in [5.74, 6) is 1.46. The largest absolute Gasteiger partial charge is 0.493 e. The third kappa shape index (κ3) is 6.99. The van der Waals surface area contributed by atoms with Crippen LogP contribution in [0.2, 0.25) is 5.02 Å². The predicted octanol–water partition coefficient (Wildman–Crippen LogP) is 5.75. The molecule has 0 fully saturated rings. The van der Waals surface area contributed by atoms with Crippen LogP contribution >= 0.6 is 11.6 Å². The van der Waals surface area contributed by atoms with Crippen molar-refractivity contribution in [2.45, 2.75) is 32.8 Å². The monoisotopic (exact) mass is 480 g/mol. The van der Waals surface area contributed by atoms with Crippen LogP contribution in [0.1, 0.15) is 37.5 Å². The van der Waals surface area contributed by atoms with Crippen molar-refractivity contribution in [1.82, 2.24) is 5.43 Å². The van der Waals surface area contributed by atoms with Crippen molar-refractivity contribution in [3.05, 3.63) is 88.4 Å². The number of methoxy groups -OCH3 is 1. The Bertz CT molecular complexity index is 1160. The number of amides is 1. The van der Waals surface area contributed by atoms with E-state index in [1.165, 1.54) is 6.21 Å². The summed E-state index contributed by atoms with van der Waals surface area (Å²) in [7, 11) is 1.56. The summed E-state index contributed by atoms with van der Waals surface area (Å²) in [6.07, 6.45) is 1.53. The second-order valence-electron chi connectivity index (χ2n) is 8.62.